The van der Waals surface area contributed by atoms with Gasteiger partial charge in [-0.15, -0.1) is 0 Å². The molecule has 0 aliphatic rings. The lowest BCUT2D eigenvalue weighted by Crippen LogP contribution is -2.44. The first-order valence-corrected chi connectivity index (χ1v) is 12.5. The fourth-order valence-corrected chi connectivity index (χ4v) is 5.07. The Morgan fingerprint density at radius 3 is 1.79 bits per heavy atom. The molecule has 0 aliphatic heterocycles. The molecule has 0 radical (unpaired) electrons. The third-order valence-corrected chi connectivity index (χ3v) is 7.64. The first kappa shape index (κ1) is 28.8. The van der Waals surface area contributed by atoms with Gasteiger partial charge in [-0.05, 0) is 26.8 Å². The molecule has 2 aromatic rings. The van der Waals surface area contributed by atoms with E-state index in [-0.39, 0.29) is 13.0 Å². The van der Waals surface area contributed by atoms with E-state index < -0.39 is 46.2 Å². The van der Waals surface area contributed by atoms with Gasteiger partial charge in [-0.2, -0.15) is 30.9 Å². The van der Waals surface area contributed by atoms with Crippen molar-refractivity contribution < 1.29 is 52.3 Å². The Labute approximate surface area is 188 Å². The summed E-state index contributed by atoms with van der Waals surface area (Å²) < 4.78 is 125. The summed E-state index contributed by atoms with van der Waals surface area (Å²) in [5.41, 5.74) is -11.4. The smallest absolute Gasteiger partial charge is 0.214 e. The van der Waals surface area contributed by atoms with Crippen LogP contribution in [0.5, 0.6) is 0 Å². The molecule has 0 atom stereocenters. The van der Waals surface area contributed by atoms with E-state index in [2.05, 4.69) is 42.9 Å². The molecule has 0 spiro atoms. The largest absolute Gasteiger partial charge is 0.507 e. The van der Waals surface area contributed by atoms with Gasteiger partial charge in [0.25, 0.3) is 9.84 Å². The molecule has 14 heteroatoms. The minimum absolute atomic E-state index is 0.163. The Morgan fingerprint density at radius 1 is 0.848 bits per heavy atom. The van der Waals surface area contributed by atoms with Crippen molar-refractivity contribution in [1.29, 1.82) is 0 Å². The number of alkyl halides is 6. The van der Waals surface area contributed by atoms with Crippen LogP contribution in [0.25, 0.3) is 0 Å². The highest BCUT2D eigenvalue weighted by Gasteiger charge is 2.55. The van der Waals surface area contributed by atoms with E-state index in [4.69, 9.17) is 0 Å². The molecule has 0 unspecified atom stereocenters. The molecular weight excluding hydrogens is 498 g/mol. The van der Waals surface area contributed by atoms with E-state index in [9.17, 15) is 43.2 Å². The van der Waals surface area contributed by atoms with Crippen LogP contribution in [0.3, 0.4) is 0 Å². The molecule has 6 nitrogen and oxygen atoms in total. The predicted molar refractivity (Wildman–Crippen MR) is 105 cm³/mol. The third kappa shape index (κ3) is 6.43. The minimum atomic E-state index is -6.06. The van der Waals surface area contributed by atoms with Crippen LogP contribution in [0.15, 0.2) is 46.7 Å². The number of halogens is 6. The zero-order chi connectivity index (χ0) is 25.8. The second kappa shape index (κ2) is 10.4. The first-order valence-electron chi connectivity index (χ1n) is 9.53. The zero-order valence-corrected chi connectivity index (χ0v) is 19.8. The highest BCUT2D eigenvalue weighted by molar-refractivity contribution is 7.93. The van der Waals surface area contributed by atoms with E-state index >= 15 is 0 Å². The van der Waals surface area contributed by atoms with Crippen LogP contribution < -0.4 is 9.13 Å². The van der Waals surface area contributed by atoms with Gasteiger partial charge in [-0.3, -0.25) is 0 Å². The molecule has 0 saturated heterocycles. The van der Waals surface area contributed by atoms with Crippen LogP contribution >= 0.6 is 0 Å². The Kier molecular flexibility index (Phi) is 9.05. The van der Waals surface area contributed by atoms with Gasteiger partial charge in [0.2, 0.25) is 0 Å². The summed E-state index contributed by atoms with van der Waals surface area (Å²) in [4.78, 5) is -1.54. The molecule has 0 saturated carbocycles. The molecular formula is C19H24F6N2O4S2+2. The van der Waals surface area contributed by atoms with Crippen molar-refractivity contribution in [2.45, 2.75) is 68.1 Å². The first-order chi connectivity index (χ1) is 14.9. The van der Waals surface area contributed by atoms with Crippen LogP contribution in [0.4, 0.5) is 26.3 Å². The van der Waals surface area contributed by atoms with Gasteiger partial charge in [-0.1, -0.05) is 6.92 Å². The SMILES string of the molecule is CCC[n+]1ccc(S(=O)(=O)C(F)(F)F)c(C)c1S(=O)(=O)C(F)(F)F.CC[n+]1cccc(C)c1. The maximum absolute atomic E-state index is 12.8. The predicted octanol–water partition coefficient (Wildman–Crippen LogP) is 3.58. The van der Waals surface area contributed by atoms with E-state index in [0.29, 0.717) is 23.8 Å². The van der Waals surface area contributed by atoms with Gasteiger partial charge >= 0.3 is 25.9 Å². The summed E-state index contributed by atoms with van der Waals surface area (Å²) in [5, 5.41) is -1.53. The summed E-state index contributed by atoms with van der Waals surface area (Å²) in [6, 6.07) is 4.61. The highest BCUT2D eigenvalue weighted by Crippen LogP contribution is 2.36. The number of aryl methyl sites for hydroxylation is 3. The van der Waals surface area contributed by atoms with E-state index in [1.54, 1.807) is 0 Å². The van der Waals surface area contributed by atoms with Crippen LogP contribution in [0.1, 0.15) is 31.4 Å². The zero-order valence-electron chi connectivity index (χ0n) is 18.2. The molecule has 0 amide bonds. The summed E-state index contributed by atoms with van der Waals surface area (Å²) in [6.07, 6.45) is 4.95. The number of rotatable bonds is 5. The lowest BCUT2D eigenvalue weighted by Gasteiger charge is -2.14. The van der Waals surface area contributed by atoms with Gasteiger partial charge < -0.3 is 0 Å². The van der Waals surface area contributed by atoms with Crippen LogP contribution in [0, 0.1) is 13.8 Å². The van der Waals surface area contributed by atoms with Gasteiger partial charge in [0.15, 0.2) is 18.6 Å². The van der Waals surface area contributed by atoms with Crippen molar-refractivity contribution in [2.75, 3.05) is 0 Å². The second-order valence-corrected chi connectivity index (χ2v) is 10.7. The van der Waals surface area contributed by atoms with Crippen molar-refractivity contribution in [1.82, 2.24) is 0 Å². The van der Waals surface area contributed by atoms with Crippen molar-refractivity contribution in [3.63, 3.8) is 0 Å². The Balaban J connectivity index is 0.000000502. The number of hydrogen-bond acceptors (Lipinski definition) is 4. The Morgan fingerprint density at radius 2 is 1.39 bits per heavy atom. The molecule has 0 fully saturated rings. The molecule has 0 aliphatic carbocycles. The van der Waals surface area contributed by atoms with Crippen molar-refractivity contribution in [3.8, 4) is 0 Å². The second-order valence-electron chi connectivity index (χ2n) is 6.91. The molecule has 0 aromatic carbocycles. The van der Waals surface area contributed by atoms with Gasteiger partial charge in [0.05, 0.1) is 10.5 Å². The molecule has 0 N–H and O–H groups in total. The van der Waals surface area contributed by atoms with Crippen LogP contribution in [-0.2, 0) is 32.8 Å². The molecule has 2 heterocycles. The van der Waals surface area contributed by atoms with E-state index in [0.717, 1.165) is 6.54 Å². The van der Waals surface area contributed by atoms with E-state index in [1.807, 2.05) is 0 Å². The Bertz CT molecular complexity index is 1190. The quantitative estimate of drug-likeness (QED) is 0.445. The molecule has 2 aromatic heterocycles. The van der Waals surface area contributed by atoms with Crippen LogP contribution in [-0.4, -0.2) is 27.9 Å². The van der Waals surface area contributed by atoms with E-state index in [1.165, 1.54) is 12.5 Å². The van der Waals surface area contributed by atoms with Gasteiger partial charge in [-0.25, -0.2) is 21.4 Å². The number of sulfone groups is 2. The van der Waals surface area contributed by atoms with Crippen molar-refractivity contribution >= 4 is 19.7 Å². The maximum atomic E-state index is 12.8. The average Bonchev–Trinajstić information content (AvgIpc) is 2.66. The van der Waals surface area contributed by atoms with Gasteiger partial charge in [0.1, 0.15) is 13.1 Å². The molecule has 2 rings (SSSR count). The van der Waals surface area contributed by atoms with Crippen molar-refractivity contribution in [3.05, 3.63) is 47.9 Å². The van der Waals surface area contributed by atoms with Crippen LogP contribution in [0.2, 0.25) is 0 Å². The number of hydrogen-bond donors (Lipinski definition) is 0. The summed E-state index contributed by atoms with van der Waals surface area (Å²) in [7, 11) is -12.1. The number of pyridine rings is 2. The maximum Gasteiger partial charge on any atom is 0.507 e. The summed E-state index contributed by atoms with van der Waals surface area (Å²) in [6.45, 7) is 7.11. The average molecular weight is 523 g/mol. The number of aromatic nitrogens is 2. The standard InChI is InChI=1S/C11H12F6NO4S2.C8H12N/c1-3-5-18-6-4-8(23(19,20)10(12,13)14)7(2)9(18)24(21,22)11(15,16)17;1-3-9-6-4-5-8(2)7-9/h4,6H,3,5H2,1-2H3;4-7H,3H2,1-2H3/q2*+1. The Hall–Kier alpha value is -2.22. The normalized spacial score (nSPS) is 12.8. The molecule has 33 heavy (non-hydrogen) atoms. The molecule has 186 valence electrons. The molecule has 0 bridgehead atoms. The monoisotopic (exact) mass is 522 g/mol. The minimum Gasteiger partial charge on any atom is -0.214 e. The fraction of sp³-hybridized carbons (Fsp3) is 0.474. The fourth-order valence-electron chi connectivity index (χ4n) is 2.82. The lowest BCUT2D eigenvalue weighted by atomic mass is 10.3. The highest BCUT2D eigenvalue weighted by atomic mass is 32.2. The third-order valence-electron chi connectivity index (χ3n) is 4.35. The number of nitrogens with zero attached hydrogens (tertiary/aromatic N) is 2. The van der Waals surface area contributed by atoms with Gasteiger partial charge in [0, 0.05) is 24.1 Å². The summed E-state index contributed by atoms with van der Waals surface area (Å²) in [5.74, 6) is 0. The summed E-state index contributed by atoms with van der Waals surface area (Å²) >= 11 is 0. The topological polar surface area (TPSA) is 76.0 Å². The van der Waals surface area contributed by atoms with Crippen molar-refractivity contribution in [2.24, 2.45) is 0 Å². The lowest BCUT2D eigenvalue weighted by molar-refractivity contribution is -0.734.